The molecule has 212 valence electrons. The van der Waals surface area contributed by atoms with E-state index in [9.17, 15) is 19.5 Å². The van der Waals surface area contributed by atoms with Crippen molar-refractivity contribution >= 4 is 35.2 Å². The summed E-state index contributed by atoms with van der Waals surface area (Å²) in [6.07, 6.45) is 6.53. The zero-order chi connectivity index (χ0) is 28.3. The van der Waals surface area contributed by atoms with E-state index in [1.54, 1.807) is 33.7 Å². The average Bonchev–Trinajstić information content (AvgIpc) is 3.54. The normalized spacial score (nSPS) is 29.7. The van der Waals surface area contributed by atoms with Crippen molar-refractivity contribution < 1.29 is 19.5 Å². The molecular weight excluding hydrogens is 510 g/mol. The lowest BCUT2D eigenvalue weighted by molar-refractivity contribution is -0.145. The molecule has 3 amide bonds. The van der Waals surface area contributed by atoms with E-state index in [1.165, 1.54) is 0 Å². The predicted octanol–water partition coefficient (Wildman–Crippen LogP) is 4.13. The number of amides is 3. The van der Waals surface area contributed by atoms with E-state index in [2.05, 4.69) is 27.0 Å². The van der Waals surface area contributed by atoms with Crippen LogP contribution < -0.4 is 4.90 Å². The van der Waals surface area contributed by atoms with E-state index in [1.807, 2.05) is 42.2 Å². The van der Waals surface area contributed by atoms with Crippen molar-refractivity contribution in [3.8, 4) is 0 Å². The lowest BCUT2D eigenvalue weighted by atomic mass is 9.65. The summed E-state index contributed by atoms with van der Waals surface area (Å²) in [6.45, 7) is 15.0. The predicted molar refractivity (Wildman–Crippen MR) is 157 cm³/mol. The second-order valence-electron chi connectivity index (χ2n) is 11.0. The van der Waals surface area contributed by atoms with Crippen LogP contribution in [-0.2, 0) is 14.4 Å². The number of fused-ring (bicyclic) bond motifs is 1. The van der Waals surface area contributed by atoms with Gasteiger partial charge >= 0.3 is 0 Å². The van der Waals surface area contributed by atoms with Gasteiger partial charge in [-0.3, -0.25) is 14.4 Å². The van der Waals surface area contributed by atoms with Gasteiger partial charge in [-0.1, -0.05) is 57.5 Å². The number of hydrogen-bond donors (Lipinski definition) is 1. The molecule has 1 spiro atoms. The Morgan fingerprint density at radius 2 is 1.87 bits per heavy atom. The molecular formula is C31H43N3O4S. The number of benzene rings is 1. The molecule has 1 aromatic carbocycles. The fourth-order valence-electron chi connectivity index (χ4n) is 7.04. The van der Waals surface area contributed by atoms with Crippen molar-refractivity contribution in [3.63, 3.8) is 0 Å². The monoisotopic (exact) mass is 553 g/mol. The second kappa shape index (κ2) is 12.3. The number of hydrogen-bond acceptors (Lipinski definition) is 5. The number of para-hydroxylation sites is 1. The molecule has 2 bridgehead atoms. The standard InChI is InChI=1S/C31H43N3O4S/c1-6-10-18-32(16-7-2)30(38)27-31-21(5)19-24(39-31)25(26(31)29(37)34(27)22(9-4)20-35)28(36)33(17-8-3)23-14-12-11-13-15-23/h7-8,11-15,21-22,24-27,35H,2-3,6,9-10,16-20H2,1,4-5H3/t21?,22-,24+,25-,26-,27?,31?/m0/s1. The van der Waals surface area contributed by atoms with Gasteiger partial charge in [0.25, 0.3) is 0 Å². The highest BCUT2D eigenvalue weighted by atomic mass is 32.2. The number of rotatable bonds is 13. The lowest BCUT2D eigenvalue weighted by Crippen LogP contribution is -2.59. The molecule has 3 heterocycles. The number of aliphatic hydroxyl groups is 1. The van der Waals surface area contributed by atoms with Crippen LogP contribution >= 0.6 is 11.8 Å². The van der Waals surface area contributed by atoms with E-state index >= 15 is 0 Å². The molecule has 39 heavy (non-hydrogen) atoms. The van der Waals surface area contributed by atoms with Crippen LogP contribution in [0.4, 0.5) is 5.69 Å². The molecule has 4 rings (SSSR count). The van der Waals surface area contributed by atoms with Crippen LogP contribution in [0.5, 0.6) is 0 Å². The quantitative estimate of drug-likeness (QED) is 0.372. The van der Waals surface area contributed by atoms with Crippen molar-refractivity contribution in [2.75, 3.05) is 31.1 Å². The Bertz CT molecular complexity index is 1080. The Labute approximate surface area is 237 Å². The average molecular weight is 554 g/mol. The molecule has 0 aromatic heterocycles. The van der Waals surface area contributed by atoms with Gasteiger partial charge in [0.05, 0.1) is 29.2 Å². The first kappa shape index (κ1) is 29.4. The highest BCUT2D eigenvalue weighted by Gasteiger charge is 2.77. The van der Waals surface area contributed by atoms with Crippen LogP contribution in [0.25, 0.3) is 0 Å². The summed E-state index contributed by atoms with van der Waals surface area (Å²) in [5, 5.41) is 10.3. The van der Waals surface area contributed by atoms with E-state index < -0.39 is 28.7 Å². The maximum absolute atomic E-state index is 14.4. The number of unbranched alkanes of at least 4 members (excludes halogenated alkanes) is 1. The molecule has 3 saturated heterocycles. The maximum Gasteiger partial charge on any atom is 0.247 e. The van der Waals surface area contributed by atoms with Gasteiger partial charge in [-0.25, -0.2) is 0 Å². The smallest absolute Gasteiger partial charge is 0.247 e. The van der Waals surface area contributed by atoms with Gasteiger partial charge in [-0.05, 0) is 37.3 Å². The first-order chi connectivity index (χ1) is 18.8. The molecule has 8 heteroatoms. The number of likely N-dealkylation sites (tertiary alicyclic amines) is 1. The highest BCUT2D eigenvalue weighted by molar-refractivity contribution is 8.02. The first-order valence-electron chi connectivity index (χ1n) is 14.3. The van der Waals surface area contributed by atoms with Crippen molar-refractivity contribution in [2.45, 2.75) is 68.5 Å². The first-order valence-corrected chi connectivity index (χ1v) is 15.2. The van der Waals surface area contributed by atoms with E-state index in [-0.39, 0.29) is 35.5 Å². The maximum atomic E-state index is 14.4. The van der Waals surface area contributed by atoms with Crippen LogP contribution in [0.3, 0.4) is 0 Å². The SMILES string of the molecule is C=CCN(CCCC)C(=O)C1N([C@@H](CC)CO)C(=O)[C@@H]2[C@@H](C(=O)N(CC=C)c3ccccc3)[C@H]3CC(C)C12S3. The summed E-state index contributed by atoms with van der Waals surface area (Å²) in [5.74, 6) is -1.45. The van der Waals surface area contributed by atoms with Crippen molar-refractivity contribution in [1.29, 1.82) is 0 Å². The molecule has 7 nitrogen and oxygen atoms in total. The van der Waals surface area contributed by atoms with E-state index in [0.29, 0.717) is 26.1 Å². The molecule has 3 aliphatic heterocycles. The van der Waals surface area contributed by atoms with Gasteiger partial charge < -0.3 is 19.8 Å². The van der Waals surface area contributed by atoms with Crippen LogP contribution in [0.2, 0.25) is 0 Å². The molecule has 1 aromatic rings. The summed E-state index contributed by atoms with van der Waals surface area (Å²) in [4.78, 5) is 48.4. The zero-order valence-corrected chi connectivity index (χ0v) is 24.3. The molecule has 3 unspecified atom stereocenters. The molecule has 0 saturated carbocycles. The Hall–Kier alpha value is -2.58. The number of carbonyl (C=O) groups excluding carboxylic acids is 3. The minimum atomic E-state index is -0.726. The molecule has 0 radical (unpaired) electrons. The summed E-state index contributed by atoms with van der Waals surface area (Å²) < 4.78 is -0.718. The Balaban J connectivity index is 1.80. The summed E-state index contributed by atoms with van der Waals surface area (Å²) in [6, 6.07) is 8.29. The van der Waals surface area contributed by atoms with Gasteiger partial charge in [0.1, 0.15) is 6.04 Å². The Kier molecular flexibility index (Phi) is 9.27. The Morgan fingerprint density at radius 3 is 2.46 bits per heavy atom. The fourth-order valence-corrected chi connectivity index (χ4v) is 9.43. The number of nitrogens with zero attached hydrogens (tertiary/aromatic N) is 3. The van der Waals surface area contributed by atoms with Gasteiger partial charge in [0, 0.05) is 30.6 Å². The third kappa shape index (κ3) is 4.84. The third-order valence-electron chi connectivity index (χ3n) is 8.87. The van der Waals surface area contributed by atoms with Crippen LogP contribution in [0.15, 0.2) is 55.6 Å². The highest BCUT2D eigenvalue weighted by Crippen LogP contribution is 2.69. The molecule has 0 aliphatic carbocycles. The second-order valence-corrected chi connectivity index (χ2v) is 12.6. The van der Waals surface area contributed by atoms with Crippen molar-refractivity contribution in [3.05, 3.63) is 55.6 Å². The van der Waals surface area contributed by atoms with Gasteiger partial charge in [-0.2, -0.15) is 0 Å². The Morgan fingerprint density at radius 1 is 1.18 bits per heavy atom. The largest absolute Gasteiger partial charge is 0.394 e. The summed E-state index contributed by atoms with van der Waals surface area (Å²) in [5.41, 5.74) is 0.769. The molecule has 3 fully saturated rings. The number of anilines is 1. The van der Waals surface area contributed by atoms with Crippen molar-refractivity contribution in [2.24, 2.45) is 17.8 Å². The molecule has 1 N–H and O–H groups in total. The third-order valence-corrected chi connectivity index (χ3v) is 10.9. The lowest BCUT2D eigenvalue weighted by Gasteiger charge is -2.42. The van der Waals surface area contributed by atoms with Crippen molar-refractivity contribution in [1.82, 2.24) is 9.80 Å². The van der Waals surface area contributed by atoms with Gasteiger partial charge in [0.15, 0.2) is 0 Å². The number of thioether (sulfide) groups is 1. The van der Waals surface area contributed by atoms with E-state index in [0.717, 1.165) is 24.9 Å². The molecule has 7 atom stereocenters. The van der Waals surface area contributed by atoms with Gasteiger partial charge in [-0.15, -0.1) is 24.9 Å². The number of aliphatic hydroxyl groups excluding tert-OH is 1. The summed E-state index contributed by atoms with van der Waals surface area (Å²) in [7, 11) is 0. The fraction of sp³-hybridized carbons (Fsp3) is 0.581. The minimum absolute atomic E-state index is 0.0485. The van der Waals surface area contributed by atoms with E-state index in [4.69, 9.17) is 0 Å². The minimum Gasteiger partial charge on any atom is -0.394 e. The van der Waals surface area contributed by atoms with Crippen LogP contribution in [-0.4, -0.2) is 80.9 Å². The number of carbonyl (C=O) groups is 3. The van der Waals surface area contributed by atoms with Gasteiger partial charge in [0.2, 0.25) is 17.7 Å². The zero-order valence-electron chi connectivity index (χ0n) is 23.5. The van der Waals surface area contributed by atoms with Crippen LogP contribution in [0.1, 0.15) is 46.5 Å². The van der Waals surface area contributed by atoms with Crippen LogP contribution in [0, 0.1) is 17.8 Å². The topological polar surface area (TPSA) is 81.2 Å². The summed E-state index contributed by atoms with van der Waals surface area (Å²) >= 11 is 1.68. The molecule has 3 aliphatic rings.